The molecule has 2 aromatic carbocycles. The average Bonchev–Trinajstić information content (AvgIpc) is 3.01. The first-order valence-corrected chi connectivity index (χ1v) is 12.5. The van der Waals surface area contributed by atoms with Crippen LogP contribution in [-0.4, -0.2) is 54.5 Å². The molecule has 176 valence electrons. The average molecular weight is 472 g/mol. The second-order valence-electron chi connectivity index (χ2n) is 7.85. The molecule has 1 atom stereocenters. The number of amides is 3. The number of hydrogen-bond donors (Lipinski definition) is 1. The zero-order chi connectivity index (χ0) is 24.0. The van der Waals surface area contributed by atoms with Crippen LogP contribution in [0.1, 0.15) is 49.0 Å². The maximum atomic E-state index is 13.3. The highest BCUT2D eigenvalue weighted by Gasteiger charge is 2.41. The van der Waals surface area contributed by atoms with Gasteiger partial charge in [0.25, 0.3) is 15.9 Å². The lowest BCUT2D eigenvalue weighted by Crippen LogP contribution is -2.49. The predicted molar refractivity (Wildman–Crippen MR) is 124 cm³/mol. The Bertz CT molecular complexity index is 1120. The summed E-state index contributed by atoms with van der Waals surface area (Å²) in [6.45, 7) is 4.19. The Hall–Kier alpha value is -3.20. The van der Waals surface area contributed by atoms with Crippen LogP contribution in [0.2, 0.25) is 0 Å². The largest absolute Gasteiger partial charge is 0.354 e. The summed E-state index contributed by atoms with van der Waals surface area (Å²) in [4.78, 5) is 40.1. The fourth-order valence-corrected chi connectivity index (χ4v) is 5.43. The number of rotatable bonds is 10. The van der Waals surface area contributed by atoms with E-state index in [0.717, 1.165) is 16.3 Å². The second-order valence-corrected chi connectivity index (χ2v) is 9.68. The van der Waals surface area contributed by atoms with Gasteiger partial charge in [0.05, 0.1) is 5.56 Å². The van der Waals surface area contributed by atoms with Gasteiger partial charge in [-0.25, -0.2) is 12.7 Å². The fourth-order valence-electron chi connectivity index (χ4n) is 3.86. The van der Waals surface area contributed by atoms with Gasteiger partial charge in [-0.1, -0.05) is 56.3 Å². The van der Waals surface area contributed by atoms with E-state index < -0.39 is 27.9 Å². The van der Waals surface area contributed by atoms with Gasteiger partial charge in [0.15, 0.2) is 0 Å². The van der Waals surface area contributed by atoms with Crippen molar-refractivity contribution in [3.8, 4) is 0 Å². The van der Waals surface area contributed by atoms with Gasteiger partial charge in [-0.05, 0) is 30.5 Å². The summed E-state index contributed by atoms with van der Waals surface area (Å²) in [5.74, 6) is -1.28. The van der Waals surface area contributed by atoms with Gasteiger partial charge >= 0.3 is 0 Å². The van der Waals surface area contributed by atoms with E-state index in [-0.39, 0.29) is 35.9 Å². The molecular weight excluding hydrogens is 442 g/mol. The first-order chi connectivity index (χ1) is 15.8. The molecule has 9 heteroatoms. The van der Waals surface area contributed by atoms with Crippen LogP contribution < -0.4 is 5.32 Å². The molecule has 3 rings (SSSR count). The number of sulfonamides is 1. The molecule has 0 unspecified atom stereocenters. The lowest BCUT2D eigenvalue weighted by atomic mass is 10.1. The number of carbonyl (C=O) groups is 3. The van der Waals surface area contributed by atoms with E-state index in [2.05, 4.69) is 5.32 Å². The SMILES string of the molecule is CCCNC(=O)[C@@H](CC)N(Cc1ccccc1)C(=O)CCN1C(=O)c2ccccc2S1(=O)=O. The summed E-state index contributed by atoms with van der Waals surface area (Å²) in [6, 6.07) is 14.6. The van der Waals surface area contributed by atoms with Crippen LogP contribution in [0.3, 0.4) is 0 Å². The molecule has 1 aliphatic rings. The van der Waals surface area contributed by atoms with E-state index in [1.807, 2.05) is 44.2 Å². The van der Waals surface area contributed by atoms with Crippen molar-refractivity contribution >= 4 is 27.7 Å². The Kier molecular flexibility index (Phi) is 7.86. The first-order valence-electron chi connectivity index (χ1n) is 11.1. The third-order valence-electron chi connectivity index (χ3n) is 5.57. The van der Waals surface area contributed by atoms with Crippen molar-refractivity contribution in [2.75, 3.05) is 13.1 Å². The number of nitrogens with one attached hydrogen (secondary N) is 1. The number of hydrogen-bond acceptors (Lipinski definition) is 5. The van der Waals surface area contributed by atoms with Crippen LogP contribution in [0.5, 0.6) is 0 Å². The zero-order valence-corrected chi connectivity index (χ0v) is 19.7. The Morgan fingerprint density at radius 2 is 1.70 bits per heavy atom. The topological polar surface area (TPSA) is 104 Å². The molecule has 1 aliphatic heterocycles. The molecule has 8 nitrogen and oxygen atoms in total. The molecule has 1 heterocycles. The maximum Gasteiger partial charge on any atom is 0.269 e. The van der Waals surface area contributed by atoms with Gasteiger partial charge in [0, 0.05) is 26.1 Å². The predicted octanol–water partition coefficient (Wildman–Crippen LogP) is 2.55. The number of carbonyl (C=O) groups excluding carboxylic acids is 3. The minimum absolute atomic E-state index is 0.0473. The number of benzene rings is 2. The first kappa shape index (κ1) is 24.4. The van der Waals surface area contributed by atoms with E-state index in [1.165, 1.54) is 17.0 Å². The fraction of sp³-hybridized carbons (Fsp3) is 0.375. The van der Waals surface area contributed by atoms with Crippen molar-refractivity contribution in [3.63, 3.8) is 0 Å². The monoisotopic (exact) mass is 471 g/mol. The third kappa shape index (κ3) is 5.24. The number of fused-ring (bicyclic) bond motifs is 1. The second kappa shape index (κ2) is 10.6. The summed E-state index contributed by atoms with van der Waals surface area (Å²) in [6.07, 6.45) is 0.953. The molecule has 0 aliphatic carbocycles. The Morgan fingerprint density at radius 1 is 1.03 bits per heavy atom. The molecule has 3 amide bonds. The summed E-state index contributed by atoms with van der Waals surface area (Å²) in [7, 11) is -4.00. The molecule has 0 fully saturated rings. The lowest BCUT2D eigenvalue weighted by Gasteiger charge is -2.31. The van der Waals surface area contributed by atoms with Gasteiger partial charge in [-0.3, -0.25) is 14.4 Å². The van der Waals surface area contributed by atoms with Gasteiger partial charge in [0.2, 0.25) is 11.8 Å². The molecule has 0 radical (unpaired) electrons. The van der Waals surface area contributed by atoms with Gasteiger partial charge in [0.1, 0.15) is 10.9 Å². The lowest BCUT2D eigenvalue weighted by molar-refractivity contribution is -0.141. The summed E-state index contributed by atoms with van der Waals surface area (Å²) < 4.78 is 26.3. The van der Waals surface area contributed by atoms with Crippen molar-refractivity contribution in [2.24, 2.45) is 0 Å². The zero-order valence-electron chi connectivity index (χ0n) is 18.9. The smallest absolute Gasteiger partial charge is 0.269 e. The van der Waals surface area contributed by atoms with Gasteiger partial charge < -0.3 is 10.2 Å². The molecule has 0 spiro atoms. The highest BCUT2D eigenvalue weighted by molar-refractivity contribution is 7.90. The highest BCUT2D eigenvalue weighted by Crippen LogP contribution is 2.30. The van der Waals surface area contributed by atoms with E-state index >= 15 is 0 Å². The molecule has 0 bridgehead atoms. The number of nitrogens with zero attached hydrogens (tertiary/aromatic N) is 2. The molecular formula is C24H29N3O5S. The van der Waals surface area contributed by atoms with E-state index in [9.17, 15) is 22.8 Å². The maximum absolute atomic E-state index is 13.3. The van der Waals surface area contributed by atoms with Crippen molar-refractivity contribution in [2.45, 2.75) is 50.6 Å². The van der Waals surface area contributed by atoms with Crippen LogP contribution in [0.25, 0.3) is 0 Å². The van der Waals surface area contributed by atoms with Crippen LogP contribution in [-0.2, 0) is 26.2 Å². The standard InChI is InChI=1S/C24H29N3O5S/c1-3-15-25-23(29)20(4-2)26(17-18-10-6-5-7-11-18)22(28)14-16-27-24(30)19-12-8-9-13-21(19)33(27,31)32/h5-13,20H,3-4,14-17H2,1-2H3,(H,25,29)/t20-/m1/s1. The van der Waals surface area contributed by atoms with Crippen LogP contribution in [0.4, 0.5) is 0 Å². The third-order valence-corrected chi connectivity index (χ3v) is 7.41. The Morgan fingerprint density at radius 3 is 2.33 bits per heavy atom. The Balaban J connectivity index is 1.80. The van der Waals surface area contributed by atoms with Crippen molar-refractivity contribution in [3.05, 3.63) is 65.7 Å². The minimum atomic E-state index is -4.00. The molecule has 0 aromatic heterocycles. The van der Waals surface area contributed by atoms with Crippen molar-refractivity contribution in [1.82, 2.24) is 14.5 Å². The molecule has 0 saturated carbocycles. The quantitative estimate of drug-likeness (QED) is 0.574. The molecule has 2 aromatic rings. The van der Waals surface area contributed by atoms with Gasteiger partial charge in [-0.15, -0.1) is 0 Å². The van der Waals surface area contributed by atoms with E-state index in [1.54, 1.807) is 12.1 Å². The van der Waals surface area contributed by atoms with E-state index in [0.29, 0.717) is 13.0 Å². The highest BCUT2D eigenvalue weighted by atomic mass is 32.2. The van der Waals surface area contributed by atoms with Crippen LogP contribution in [0, 0.1) is 0 Å². The molecule has 1 N–H and O–H groups in total. The van der Waals surface area contributed by atoms with Gasteiger partial charge in [-0.2, -0.15) is 0 Å². The summed E-state index contributed by atoms with van der Waals surface area (Å²) in [5, 5.41) is 2.84. The Labute approximate surface area is 194 Å². The summed E-state index contributed by atoms with van der Waals surface area (Å²) in [5.41, 5.74) is 0.960. The molecule has 33 heavy (non-hydrogen) atoms. The van der Waals surface area contributed by atoms with Crippen molar-refractivity contribution in [1.29, 1.82) is 0 Å². The normalized spacial score (nSPS) is 15.1. The molecule has 0 saturated heterocycles. The van der Waals surface area contributed by atoms with Crippen LogP contribution in [0.15, 0.2) is 59.5 Å². The summed E-state index contributed by atoms with van der Waals surface area (Å²) >= 11 is 0. The van der Waals surface area contributed by atoms with E-state index in [4.69, 9.17) is 0 Å². The minimum Gasteiger partial charge on any atom is -0.354 e. The van der Waals surface area contributed by atoms with Crippen molar-refractivity contribution < 1.29 is 22.8 Å². The van der Waals surface area contributed by atoms with Crippen LogP contribution >= 0.6 is 0 Å².